The molecule has 1 aliphatic carbocycles. The quantitative estimate of drug-likeness (QED) is 0.928. The fourth-order valence-electron chi connectivity index (χ4n) is 2.22. The summed E-state index contributed by atoms with van der Waals surface area (Å²) in [5, 5.41) is 10.0. The van der Waals surface area contributed by atoms with Gasteiger partial charge < -0.3 is 14.7 Å². The van der Waals surface area contributed by atoms with Crippen LogP contribution in [-0.2, 0) is 4.79 Å². The first-order valence-corrected chi connectivity index (χ1v) is 6.82. The first-order chi connectivity index (χ1) is 9.73. The number of nitrogens with zero attached hydrogens (tertiary/aromatic N) is 1. The highest BCUT2D eigenvalue weighted by Crippen LogP contribution is 2.45. The molecular formula is C14H16ClF2NO3. The van der Waals surface area contributed by atoms with E-state index in [-0.39, 0.29) is 23.6 Å². The lowest BCUT2D eigenvalue weighted by Crippen LogP contribution is -2.61. The smallest absolute Gasteiger partial charge is 0.352 e. The van der Waals surface area contributed by atoms with Gasteiger partial charge in [-0.2, -0.15) is 8.78 Å². The Morgan fingerprint density at radius 1 is 1.48 bits per heavy atom. The van der Waals surface area contributed by atoms with Crippen LogP contribution in [0.4, 0.5) is 14.5 Å². The minimum Gasteiger partial charge on any atom is -0.495 e. The van der Waals surface area contributed by atoms with Gasteiger partial charge in [0.2, 0.25) is 0 Å². The number of aliphatic hydroxyl groups is 1. The zero-order chi connectivity index (χ0) is 15.8. The van der Waals surface area contributed by atoms with E-state index in [0.717, 1.165) is 4.90 Å². The van der Waals surface area contributed by atoms with Gasteiger partial charge in [0, 0.05) is 12.7 Å². The van der Waals surface area contributed by atoms with Crippen molar-refractivity contribution in [3.05, 3.63) is 23.2 Å². The van der Waals surface area contributed by atoms with E-state index in [1.165, 1.54) is 32.4 Å². The Bertz CT molecular complexity index is 561. The summed E-state index contributed by atoms with van der Waals surface area (Å²) in [5.41, 5.74) is -2.04. The lowest BCUT2D eigenvalue weighted by molar-refractivity contribution is -0.213. The van der Waals surface area contributed by atoms with Crippen molar-refractivity contribution < 1.29 is 23.4 Å². The van der Waals surface area contributed by atoms with Crippen molar-refractivity contribution in [2.45, 2.75) is 30.8 Å². The molecule has 1 saturated carbocycles. The van der Waals surface area contributed by atoms with Crippen molar-refractivity contribution in [3.63, 3.8) is 0 Å². The second-order valence-corrected chi connectivity index (χ2v) is 5.55. The molecule has 0 unspecified atom stereocenters. The van der Waals surface area contributed by atoms with Crippen LogP contribution in [0, 0.1) is 0 Å². The monoisotopic (exact) mass is 319 g/mol. The molecule has 0 aliphatic heterocycles. The Morgan fingerprint density at radius 2 is 2.10 bits per heavy atom. The van der Waals surface area contributed by atoms with E-state index in [2.05, 4.69) is 0 Å². The molecule has 116 valence electrons. The van der Waals surface area contributed by atoms with Gasteiger partial charge in [-0.05, 0) is 37.5 Å². The molecule has 1 N–H and O–H groups in total. The fourth-order valence-corrected chi connectivity index (χ4v) is 2.47. The molecule has 0 aromatic heterocycles. The fraction of sp³-hybridized carbons (Fsp3) is 0.500. The Balaban J connectivity index is 2.25. The van der Waals surface area contributed by atoms with Crippen LogP contribution in [0.1, 0.15) is 19.3 Å². The third kappa shape index (κ3) is 2.58. The molecule has 7 heteroatoms. The number of alkyl halides is 2. The lowest BCUT2D eigenvalue weighted by Gasteiger charge is -2.42. The first-order valence-electron chi connectivity index (χ1n) is 6.45. The molecule has 1 aromatic rings. The summed E-state index contributed by atoms with van der Waals surface area (Å²) in [4.78, 5) is 12.8. The normalized spacial score (nSPS) is 17.0. The number of methoxy groups -OCH3 is 1. The number of halogens is 3. The van der Waals surface area contributed by atoms with Crippen LogP contribution in [0.5, 0.6) is 5.75 Å². The Hall–Kier alpha value is -1.40. The maximum atomic E-state index is 14.1. The van der Waals surface area contributed by atoms with Crippen molar-refractivity contribution >= 4 is 23.2 Å². The second kappa shape index (κ2) is 5.42. The van der Waals surface area contributed by atoms with Gasteiger partial charge in [-0.1, -0.05) is 11.6 Å². The van der Waals surface area contributed by atoms with Gasteiger partial charge in [-0.3, -0.25) is 4.79 Å². The van der Waals surface area contributed by atoms with Crippen LogP contribution < -0.4 is 9.64 Å². The number of ether oxygens (including phenoxy) is 1. The number of carbonyl (C=O) groups is 1. The summed E-state index contributed by atoms with van der Waals surface area (Å²) < 4.78 is 33.2. The summed E-state index contributed by atoms with van der Waals surface area (Å²) in [6.07, 6.45) is 0.323. The predicted octanol–water partition coefficient (Wildman–Crippen LogP) is 2.86. The Kier molecular flexibility index (Phi) is 4.13. The van der Waals surface area contributed by atoms with Gasteiger partial charge in [0.05, 0.1) is 12.1 Å². The van der Waals surface area contributed by atoms with Gasteiger partial charge in [0.15, 0.2) is 0 Å². The maximum absolute atomic E-state index is 14.1. The van der Waals surface area contributed by atoms with Crippen LogP contribution in [-0.4, -0.2) is 36.7 Å². The van der Waals surface area contributed by atoms with Gasteiger partial charge in [0.25, 0.3) is 5.91 Å². The van der Waals surface area contributed by atoms with E-state index < -0.39 is 17.4 Å². The average molecular weight is 320 g/mol. The van der Waals surface area contributed by atoms with Crippen LogP contribution in [0.15, 0.2) is 18.2 Å². The SMILES string of the molecule is COc1ccc(N(C)C(=O)C(F)(F)C2(O)CCC2)cc1Cl. The summed E-state index contributed by atoms with van der Waals surface area (Å²) in [7, 11) is 2.65. The van der Waals surface area contributed by atoms with Crippen LogP contribution in [0.3, 0.4) is 0 Å². The number of hydrogen-bond donors (Lipinski definition) is 1. The number of benzene rings is 1. The zero-order valence-electron chi connectivity index (χ0n) is 11.7. The molecule has 0 saturated heterocycles. The lowest BCUT2D eigenvalue weighted by atomic mass is 9.75. The topological polar surface area (TPSA) is 49.8 Å². The molecule has 1 fully saturated rings. The van der Waals surface area contributed by atoms with E-state index >= 15 is 0 Å². The third-order valence-corrected chi connectivity index (χ3v) is 4.16. The molecule has 0 heterocycles. The van der Waals surface area contributed by atoms with E-state index in [1.54, 1.807) is 0 Å². The van der Waals surface area contributed by atoms with Crippen molar-refractivity contribution in [1.82, 2.24) is 0 Å². The van der Waals surface area contributed by atoms with Crippen molar-refractivity contribution in [1.29, 1.82) is 0 Å². The minimum absolute atomic E-state index is 0.0804. The van der Waals surface area contributed by atoms with Crippen LogP contribution in [0.2, 0.25) is 5.02 Å². The average Bonchev–Trinajstić information content (AvgIpc) is 2.42. The molecular weight excluding hydrogens is 304 g/mol. The van der Waals surface area contributed by atoms with Crippen molar-refractivity contribution in [3.8, 4) is 5.75 Å². The maximum Gasteiger partial charge on any atom is 0.352 e. The van der Waals surface area contributed by atoms with Crippen molar-refractivity contribution in [2.75, 3.05) is 19.1 Å². The number of rotatable bonds is 4. The molecule has 0 spiro atoms. The van der Waals surface area contributed by atoms with E-state index in [9.17, 15) is 18.7 Å². The van der Waals surface area contributed by atoms with E-state index in [1.807, 2.05) is 0 Å². The molecule has 2 rings (SSSR count). The van der Waals surface area contributed by atoms with E-state index in [4.69, 9.17) is 16.3 Å². The van der Waals surface area contributed by atoms with Crippen LogP contribution >= 0.6 is 11.6 Å². The van der Waals surface area contributed by atoms with Gasteiger partial charge in [0.1, 0.15) is 11.4 Å². The molecule has 1 amide bonds. The Labute approximate surface area is 126 Å². The number of anilines is 1. The highest BCUT2D eigenvalue weighted by atomic mass is 35.5. The minimum atomic E-state index is -3.83. The molecule has 21 heavy (non-hydrogen) atoms. The Morgan fingerprint density at radius 3 is 2.52 bits per heavy atom. The van der Waals surface area contributed by atoms with Gasteiger partial charge in [-0.25, -0.2) is 0 Å². The van der Waals surface area contributed by atoms with Gasteiger partial charge >= 0.3 is 5.92 Å². The third-order valence-electron chi connectivity index (χ3n) is 3.86. The van der Waals surface area contributed by atoms with Crippen LogP contribution in [0.25, 0.3) is 0 Å². The number of hydrogen-bond acceptors (Lipinski definition) is 3. The molecule has 0 atom stereocenters. The predicted molar refractivity (Wildman–Crippen MR) is 75.2 cm³/mol. The van der Waals surface area contributed by atoms with E-state index in [0.29, 0.717) is 12.2 Å². The number of carbonyl (C=O) groups excluding carboxylic acids is 1. The van der Waals surface area contributed by atoms with Crippen molar-refractivity contribution in [2.24, 2.45) is 0 Å². The second-order valence-electron chi connectivity index (χ2n) is 5.14. The largest absolute Gasteiger partial charge is 0.495 e. The highest BCUT2D eigenvalue weighted by Gasteiger charge is 2.62. The summed E-state index contributed by atoms with van der Waals surface area (Å²) in [6, 6.07) is 4.29. The summed E-state index contributed by atoms with van der Waals surface area (Å²) >= 11 is 5.92. The summed E-state index contributed by atoms with van der Waals surface area (Å²) in [6.45, 7) is 0. The molecule has 1 aromatic carbocycles. The number of amides is 1. The molecule has 1 aliphatic rings. The zero-order valence-corrected chi connectivity index (χ0v) is 12.5. The van der Waals surface area contributed by atoms with Gasteiger partial charge in [-0.15, -0.1) is 0 Å². The molecule has 0 bridgehead atoms. The molecule has 4 nitrogen and oxygen atoms in total. The molecule has 0 radical (unpaired) electrons. The standard InChI is InChI=1S/C14H16ClF2NO3/c1-18(9-4-5-11(21-2)10(15)8-9)12(19)14(16,17)13(20)6-3-7-13/h4-5,8,20H,3,6-7H2,1-2H3. The highest BCUT2D eigenvalue weighted by molar-refractivity contribution is 6.32. The summed E-state index contributed by atoms with van der Waals surface area (Å²) in [5.74, 6) is -4.90. The first kappa shape index (κ1) is 16.0.